The number of hydrogen-bond donors (Lipinski definition) is 0. The van der Waals surface area contributed by atoms with Crippen molar-refractivity contribution >= 4 is 12.4 Å². The van der Waals surface area contributed by atoms with Crippen molar-refractivity contribution in [2.24, 2.45) is 0 Å². The van der Waals surface area contributed by atoms with Gasteiger partial charge in [-0.05, 0) is 17.9 Å². The molecule has 1 aromatic carbocycles. The molecule has 0 radical (unpaired) electrons. The molecule has 1 heterocycles. The van der Waals surface area contributed by atoms with Crippen LogP contribution in [0.2, 0.25) is 0 Å². The Hall–Kier alpha value is -0.550. The summed E-state index contributed by atoms with van der Waals surface area (Å²) in [7, 11) is -1.94. The molecule has 0 amide bonds. The van der Waals surface area contributed by atoms with Crippen molar-refractivity contribution in [3.63, 3.8) is 0 Å². The van der Waals surface area contributed by atoms with Crippen LogP contribution in [0, 0.1) is 0 Å². The molecule has 1 fully saturated rings. The standard InChI is InChI=1S/C12H17OP/c1-10(2)11-6-3-4-7-12(11)14(13)8-5-9-14/h3-4,6-7,10H,5,8-9H2,1-2H3. The van der Waals surface area contributed by atoms with Crippen LogP contribution in [0.15, 0.2) is 24.3 Å². The third kappa shape index (κ3) is 1.54. The van der Waals surface area contributed by atoms with Crippen LogP contribution in [-0.2, 0) is 4.57 Å². The quantitative estimate of drug-likeness (QED) is 0.682. The molecular formula is C12H17OP. The number of hydrogen-bond acceptors (Lipinski definition) is 1. The molecule has 0 unspecified atom stereocenters. The Labute approximate surface area is 85.9 Å². The minimum Gasteiger partial charge on any atom is -0.319 e. The maximum absolute atomic E-state index is 12.4. The van der Waals surface area contributed by atoms with Crippen LogP contribution in [-0.4, -0.2) is 12.3 Å². The van der Waals surface area contributed by atoms with Gasteiger partial charge in [0.25, 0.3) is 0 Å². The maximum Gasteiger partial charge on any atom is 0.115 e. The SMILES string of the molecule is CC(C)c1ccccc1P1(=O)CCC1. The van der Waals surface area contributed by atoms with E-state index in [1.165, 1.54) is 5.56 Å². The van der Waals surface area contributed by atoms with E-state index in [-0.39, 0.29) is 0 Å². The van der Waals surface area contributed by atoms with Gasteiger partial charge in [-0.3, -0.25) is 0 Å². The van der Waals surface area contributed by atoms with E-state index in [2.05, 4.69) is 26.0 Å². The van der Waals surface area contributed by atoms with Gasteiger partial charge in [-0.15, -0.1) is 0 Å². The molecule has 1 saturated heterocycles. The summed E-state index contributed by atoms with van der Waals surface area (Å²) < 4.78 is 12.4. The van der Waals surface area contributed by atoms with E-state index in [0.29, 0.717) is 5.92 Å². The third-order valence-corrected chi connectivity index (χ3v) is 6.40. The van der Waals surface area contributed by atoms with Gasteiger partial charge >= 0.3 is 0 Å². The van der Waals surface area contributed by atoms with E-state index in [1.807, 2.05) is 12.1 Å². The van der Waals surface area contributed by atoms with E-state index < -0.39 is 7.14 Å². The van der Waals surface area contributed by atoms with Crippen LogP contribution in [0.4, 0.5) is 0 Å². The lowest BCUT2D eigenvalue weighted by Gasteiger charge is -2.29. The summed E-state index contributed by atoms with van der Waals surface area (Å²) in [6.45, 7) is 4.34. The zero-order valence-corrected chi connectivity index (χ0v) is 9.76. The summed E-state index contributed by atoms with van der Waals surface area (Å²) in [6, 6.07) is 8.25. The largest absolute Gasteiger partial charge is 0.319 e. The summed E-state index contributed by atoms with van der Waals surface area (Å²) in [5.74, 6) is 0.484. The van der Waals surface area contributed by atoms with Crippen molar-refractivity contribution in [1.29, 1.82) is 0 Å². The van der Waals surface area contributed by atoms with Crippen LogP contribution in [0.1, 0.15) is 31.7 Å². The molecule has 0 aromatic heterocycles. The second-order valence-electron chi connectivity index (χ2n) is 4.40. The highest BCUT2D eigenvalue weighted by Gasteiger charge is 2.34. The number of rotatable bonds is 2. The fraction of sp³-hybridized carbons (Fsp3) is 0.500. The fourth-order valence-corrected chi connectivity index (χ4v) is 4.57. The zero-order chi connectivity index (χ0) is 10.2. The molecule has 2 rings (SSSR count). The van der Waals surface area contributed by atoms with Crippen LogP contribution in [0.25, 0.3) is 0 Å². The van der Waals surface area contributed by atoms with Gasteiger partial charge in [-0.2, -0.15) is 0 Å². The molecule has 2 heteroatoms. The fourth-order valence-electron chi connectivity index (χ4n) is 2.03. The molecule has 1 aliphatic heterocycles. The van der Waals surface area contributed by atoms with Gasteiger partial charge in [0.15, 0.2) is 0 Å². The first-order chi connectivity index (χ1) is 6.63. The summed E-state index contributed by atoms with van der Waals surface area (Å²) in [6.07, 6.45) is 3.00. The molecule has 0 spiro atoms. The van der Waals surface area contributed by atoms with E-state index in [0.717, 1.165) is 24.0 Å². The Kier molecular flexibility index (Phi) is 2.53. The van der Waals surface area contributed by atoms with E-state index in [9.17, 15) is 4.57 Å². The summed E-state index contributed by atoms with van der Waals surface area (Å²) in [5.41, 5.74) is 1.29. The molecule has 0 aliphatic carbocycles. The lowest BCUT2D eigenvalue weighted by molar-refractivity contribution is 0.569. The Morgan fingerprint density at radius 2 is 1.86 bits per heavy atom. The zero-order valence-electron chi connectivity index (χ0n) is 8.86. The van der Waals surface area contributed by atoms with Gasteiger partial charge in [0.2, 0.25) is 0 Å². The summed E-state index contributed by atoms with van der Waals surface area (Å²) >= 11 is 0. The average Bonchev–Trinajstić information content (AvgIpc) is 2.14. The molecule has 0 atom stereocenters. The molecule has 0 saturated carbocycles. The minimum absolute atomic E-state index is 0.484. The van der Waals surface area contributed by atoms with Crippen molar-refractivity contribution in [2.75, 3.05) is 12.3 Å². The van der Waals surface area contributed by atoms with Crippen molar-refractivity contribution < 1.29 is 4.57 Å². The second kappa shape index (κ2) is 3.55. The van der Waals surface area contributed by atoms with Gasteiger partial charge in [0.05, 0.1) is 0 Å². The van der Waals surface area contributed by atoms with Crippen molar-refractivity contribution in [3.8, 4) is 0 Å². The van der Waals surface area contributed by atoms with Gasteiger partial charge in [0, 0.05) is 17.6 Å². The third-order valence-electron chi connectivity index (χ3n) is 3.04. The Balaban J connectivity index is 2.46. The molecule has 76 valence electrons. The predicted octanol–water partition coefficient (Wildman–Crippen LogP) is 3.20. The molecule has 0 bridgehead atoms. The molecular weight excluding hydrogens is 191 g/mol. The van der Waals surface area contributed by atoms with Crippen LogP contribution in [0.5, 0.6) is 0 Å². The molecule has 1 aromatic rings. The lowest BCUT2D eigenvalue weighted by Crippen LogP contribution is -2.23. The minimum atomic E-state index is -1.94. The van der Waals surface area contributed by atoms with Gasteiger partial charge in [-0.1, -0.05) is 38.1 Å². The first-order valence-electron chi connectivity index (χ1n) is 5.31. The van der Waals surface area contributed by atoms with Gasteiger partial charge < -0.3 is 4.57 Å². The smallest absolute Gasteiger partial charge is 0.115 e. The van der Waals surface area contributed by atoms with Crippen molar-refractivity contribution in [1.82, 2.24) is 0 Å². The Bertz CT molecular complexity index is 374. The van der Waals surface area contributed by atoms with E-state index in [4.69, 9.17) is 0 Å². The predicted molar refractivity (Wildman–Crippen MR) is 62.1 cm³/mol. The normalized spacial score (nSPS) is 19.4. The topological polar surface area (TPSA) is 17.1 Å². The summed E-state index contributed by atoms with van der Waals surface area (Å²) in [4.78, 5) is 0. The maximum atomic E-state index is 12.4. The van der Waals surface area contributed by atoms with Crippen LogP contribution < -0.4 is 5.30 Å². The van der Waals surface area contributed by atoms with Crippen LogP contribution in [0.3, 0.4) is 0 Å². The Morgan fingerprint density at radius 3 is 2.36 bits per heavy atom. The van der Waals surface area contributed by atoms with Gasteiger partial charge in [-0.25, -0.2) is 0 Å². The van der Waals surface area contributed by atoms with Crippen molar-refractivity contribution in [3.05, 3.63) is 29.8 Å². The second-order valence-corrected chi connectivity index (χ2v) is 7.56. The molecule has 0 N–H and O–H groups in total. The Morgan fingerprint density at radius 1 is 1.21 bits per heavy atom. The first kappa shape index (κ1) is 9.98. The van der Waals surface area contributed by atoms with E-state index >= 15 is 0 Å². The molecule has 1 nitrogen and oxygen atoms in total. The number of benzene rings is 1. The molecule has 14 heavy (non-hydrogen) atoms. The monoisotopic (exact) mass is 208 g/mol. The average molecular weight is 208 g/mol. The molecule has 1 aliphatic rings. The van der Waals surface area contributed by atoms with E-state index in [1.54, 1.807) is 0 Å². The lowest BCUT2D eigenvalue weighted by atomic mass is 10.0. The summed E-state index contributed by atoms with van der Waals surface area (Å²) in [5, 5.41) is 1.15. The highest BCUT2D eigenvalue weighted by Crippen LogP contribution is 2.54. The first-order valence-corrected chi connectivity index (χ1v) is 7.39. The van der Waals surface area contributed by atoms with Crippen molar-refractivity contribution in [2.45, 2.75) is 26.2 Å². The highest BCUT2D eigenvalue weighted by atomic mass is 31.2. The van der Waals surface area contributed by atoms with Crippen LogP contribution >= 0.6 is 7.14 Å². The highest BCUT2D eigenvalue weighted by molar-refractivity contribution is 7.73. The van der Waals surface area contributed by atoms with Gasteiger partial charge in [0.1, 0.15) is 7.14 Å².